The van der Waals surface area contributed by atoms with Crippen LogP contribution in [0.2, 0.25) is 0 Å². The zero-order valence-corrected chi connectivity index (χ0v) is 57.7. The molecule has 0 fully saturated rings. The van der Waals surface area contributed by atoms with Crippen LogP contribution in [0.15, 0.2) is 291 Å². The van der Waals surface area contributed by atoms with Crippen LogP contribution < -0.4 is 4.90 Å². The summed E-state index contributed by atoms with van der Waals surface area (Å²) in [6.45, 7) is 4.67. The minimum Gasteiger partial charge on any atom is -0.310 e. The predicted molar refractivity (Wildman–Crippen MR) is 440 cm³/mol. The standard InChI is InChI=1S/C103H62N2/c1-11-67-32-26-38-89(85(67)15-5)79-59-76(60-80(61-79)90-39-27-33-68(12-2)86(90)16-6)78-58-77(75-48-55-93(91-40-28-34-69(13-3)87(91)17-7)97(64-75)92-41-29-35-70(14-4)88(92)18-8)62-84(63-78)105-101-43-25-23-37-96(101)98-65-74(49-57-102(98)105)73-46-52-82(53-47-73)104(81-50-44-72(45-51-81)71-30-20-19-21-31-71)83-54-56-95-94-36-22-24-42-99(94)103(9,10)100(95)66-83/h1-8,19-66H,9-10H3. The van der Waals surface area contributed by atoms with Crippen molar-refractivity contribution in [3.63, 3.8) is 0 Å². The molecule has 105 heavy (non-hydrogen) atoms. The molecule has 0 radical (unpaired) electrons. The molecule has 0 atom stereocenters. The first kappa shape index (κ1) is 64.8. The number of hydrogen-bond donors (Lipinski definition) is 0. The van der Waals surface area contributed by atoms with E-state index in [0.717, 1.165) is 128 Å². The van der Waals surface area contributed by atoms with Crippen LogP contribution in [0.25, 0.3) is 128 Å². The van der Waals surface area contributed by atoms with Crippen LogP contribution in [0.4, 0.5) is 17.1 Å². The van der Waals surface area contributed by atoms with Gasteiger partial charge in [-0.05, 0) is 233 Å². The maximum Gasteiger partial charge on any atom is 0.0541 e. The number of para-hydroxylation sites is 1. The lowest BCUT2D eigenvalue weighted by atomic mass is 9.82. The summed E-state index contributed by atoms with van der Waals surface area (Å²) in [7, 11) is 0. The van der Waals surface area contributed by atoms with E-state index in [9.17, 15) is 0 Å². The Balaban J connectivity index is 0.889. The molecule has 0 spiro atoms. The number of anilines is 3. The lowest BCUT2D eigenvalue weighted by molar-refractivity contribution is 0.660. The molecule has 1 aliphatic carbocycles. The van der Waals surface area contributed by atoms with Gasteiger partial charge in [-0.2, -0.15) is 0 Å². The monoisotopic (exact) mass is 1330 g/mol. The molecule has 0 N–H and O–H groups in total. The molecule has 1 heterocycles. The molecule has 0 amide bonds. The van der Waals surface area contributed by atoms with Gasteiger partial charge in [0, 0.05) is 83.4 Å². The average molecular weight is 1330 g/mol. The first-order chi connectivity index (χ1) is 51.4. The van der Waals surface area contributed by atoms with Gasteiger partial charge in [0.15, 0.2) is 0 Å². The Morgan fingerprint density at radius 1 is 0.248 bits per heavy atom. The predicted octanol–water partition coefficient (Wildman–Crippen LogP) is 23.7. The summed E-state index contributed by atoms with van der Waals surface area (Å²) in [6, 6.07) is 102. The van der Waals surface area contributed by atoms with Gasteiger partial charge in [-0.25, -0.2) is 0 Å². The van der Waals surface area contributed by atoms with Gasteiger partial charge in [-0.15, -0.1) is 51.4 Å². The maximum absolute atomic E-state index is 6.43. The van der Waals surface area contributed by atoms with Crippen molar-refractivity contribution in [1.29, 1.82) is 0 Å². The number of nitrogens with zero attached hydrogens (tertiary/aromatic N) is 2. The third-order valence-electron chi connectivity index (χ3n) is 20.6. The first-order valence-electron chi connectivity index (χ1n) is 34.5. The van der Waals surface area contributed by atoms with E-state index in [1.807, 2.05) is 72.8 Å². The van der Waals surface area contributed by atoms with Gasteiger partial charge >= 0.3 is 0 Å². The highest BCUT2D eigenvalue weighted by Gasteiger charge is 2.36. The Kier molecular flexibility index (Phi) is 16.5. The quantitative estimate of drug-likeness (QED) is 0.111. The van der Waals surface area contributed by atoms with Gasteiger partial charge in [0.05, 0.1) is 11.0 Å². The van der Waals surface area contributed by atoms with E-state index in [-0.39, 0.29) is 5.41 Å². The van der Waals surface area contributed by atoms with E-state index in [0.29, 0.717) is 44.5 Å². The highest BCUT2D eigenvalue weighted by molar-refractivity contribution is 6.11. The van der Waals surface area contributed by atoms with E-state index < -0.39 is 0 Å². The zero-order valence-electron chi connectivity index (χ0n) is 57.7. The molecule has 15 aromatic rings. The molecular formula is C103H62N2. The van der Waals surface area contributed by atoms with Crippen molar-refractivity contribution in [3.05, 3.63) is 347 Å². The third-order valence-corrected chi connectivity index (χ3v) is 20.6. The van der Waals surface area contributed by atoms with E-state index in [4.69, 9.17) is 51.4 Å². The normalized spacial score (nSPS) is 11.5. The van der Waals surface area contributed by atoms with Gasteiger partial charge in [0.25, 0.3) is 0 Å². The van der Waals surface area contributed by atoms with Gasteiger partial charge in [0.1, 0.15) is 0 Å². The molecule has 14 aromatic carbocycles. The molecule has 2 heteroatoms. The highest BCUT2D eigenvalue weighted by atomic mass is 15.1. The van der Waals surface area contributed by atoms with Gasteiger partial charge in [-0.1, -0.05) is 231 Å². The van der Waals surface area contributed by atoms with E-state index >= 15 is 0 Å². The fourth-order valence-electron chi connectivity index (χ4n) is 15.5. The van der Waals surface area contributed by atoms with E-state index in [2.05, 4.69) is 289 Å². The molecular weight excluding hydrogens is 1270 g/mol. The summed E-state index contributed by atoms with van der Waals surface area (Å²) in [5.41, 5.74) is 30.3. The number of terminal acetylenes is 8. The number of hydrogen-bond acceptors (Lipinski definition) is 1. The number of benzene rings is 14. The Morgan fingerprint density at radius 3 is 1.23 bits per heavy atom. The van der Waals surface area contributed by atoms with Crippen molar-refractivity contribution >= 4 is 38.9 Å². The van der Waals surface area contributed by atoms with Crippen LogP contribution in [0, 0.1) is 98.8 Å². The molecule has 0 unspecified atom stereocenters. The lowest BCUT2D eigenvalue weighted by Crippen LogP contribution is -2.16. The molecule has 0 aliphatic heterocycles. The second-order valence-electron chi connectivity index (χ2n) is 26.7. The summed E-state index contributed by atoms with van der Waals surface area (Å²) < 4.78 is 2.36. The molecule has 0 saturated heterocycles. The number of aromatic nitrogens is 1. The minimum absolute atomic E-state index is 0.183. The molecule has 0 saturated carbocycles. The molecule has 0 bridgehead atoms. The SMILES string of the molecule is C#Cc1cccc(-c2cc(-c3cc(-c4ccc(-c5cccc(C#C)c5C#C)c(-c5cccc(C#C)c5C#C)c4)cc(-n4c5ccccc5c5cc(-c6ccc(N(c7ccc(-c8ccccc8)cc7)c7ccc8c(c7)C(C)(C)c7ccccc7-8)cc6)ccc54)c3)cc(-c3cccc(C#C)c3C#C)c2)c1C#C. The fourth-order valence-corrected chi connectivity index (χ4v) is 15.5. The van der Waals surface area contributed by atoms with Crippen LogP contribution in [-0.2, 0) is 5.41 Å². The van der Waals surface area contributed by atoms with Crippen molar-refractivity contribution < 1.29 is 0 Å². The molecule has 484 valence electrons. The largest absolute Gasteiger partial charge is 0.310 e. The Bertz CT molecular complexity index is 6410. The Hall–Kier alpha value is -14.8. The van der Waals surface area contributed by atoms with Crippen molar-refractivity contribution in [2.75, 3.05) is 4.90 Å². The molecule has 1 aromatic heterocycles. The van der Waals surface area contributed by atoms with Crippen LogP contribution in [0.1, 0.15) is 69.5 Å². The topological polar surface area (TPSA) is 8.17 Å². The van der Waals surface area contributed by atoms with Crippen LogP contribution in [0.5, 0.6) is 0 Å². The summed E-state index contributed by atoms with van der Waals surface area (Å²) in [5.74, 6) is 23.0. The van der Waals surface area contributed by atoms with Gasteiger partial charge in [0.2, 0.25) is 0 Å². The van der Waals surface area contributed by atoms with Crippen molar-refractivity contribution in [2.24, 2.45) is 0 Å². The van der Waals surface area contributed by atoms with Crippen LogP contribution in [0.3, 0.4) is 0 Å². The van der Waals surface area contributed by atoms with Crippen molar-refractivity contribution in [3.8, 4) is 205 Å². The minimum atomic E-state index is -0.183. The zero-order chi connectivity index (χ0) is 72.0. The number of fused-ring (bicyclic) bond motifs is 6. The second-order valence-corrected chi connectivity index (χ2v) is 26.7. The molecule has 2 nitrogen and oxygen atoms in total. The summed E-state index contributed by atoms with van der Waals surface area (Å²) in [4.78, 5) is 2.37. The number of rotatable bonds is 12. The molecule has 1 aliphatic rings. The molecule has 16 rings (SSSR count). The summed E-state index contributed by atoms with van der Waals surface area (Å²) in [5, 5.41) is 2.16. The third kappa shape index (κ3) is 11.2. The van der Waals surface area contributed by atoms with Crippen molar-refractivity contribution in [2.45, 2.75) is 19.3 Å². The van der Waals surface area contributed by atoms with Crippen molar-refractivity contribution in [1.82, 2.24) is 4.57 Å². The smallest absolute Gasteiger partial charge is 0.0541 e. The summed E-state index contributed by atoms with van der Waals surface area (Å²) >= 11 is 0. The lowest BCUT2D eigenvalue weighted by Gasteiger charge is -2.28. The van der Waals surface area contributed by atoms with Crippen LogP contribution >= 0.6 is 0 Å². The highest BCUT2D eigenvalue weighted by Crippen LogP contribution is 2.52. The van der Waals surface area contributed by atoms with Crippen LogP contribution in [-0.4, -0.2) is 4.57 Å². The van der Waals surface area contributed by atoms with E-state index in [1.165, 1.54) is 27.8 Å². The first-order valence-corrected chi connectivity index (χ1v) is 34.5. The van der Waals surface area contributed by atoms with Gasteiger partial charge < -0.3 is 9.47 Å². The average Bonchev–Trinajstić information content (AvgIpc) is 1.63. The maximum atomic E-state index is 6.43. The van der Waals surface area contributed by atoms with E-state index in [1.54, 1.807) is 0 Å². The Morgan fingerprint density at radius 2 is 0.648 bits per heavy atom. The fraction of sp³-hybridized carbons (Fsp3) is 0.0291. The van der Waals surface area contributed by atoms with Gasteiger partial charge in [-0.3, -0.25) is 0 Å². The Labute approximate surface area is 615 Å². The second kappa shape index (κ2) is 26.7. The summed E-state index contributed by atoms with van der Waals surface area (Å²) in [6.07, 6.45) is 50.2.